The van der Waals surface area contributed by atoms with E-state index in [1.807, 2.05) is 30.3 Å². The highest BCUT2D eigenvalue weighted by Crippen LogP contribution is 2.17. The molecule has 18 heavy (non-hydrogen) atoms. The summed E-state index contributed by atoms with van der Waals surface area (Å²) in [4.78, 5) is 24.4. The van der Waals surface area contributed by atoms with Crippen LogP contribution in [0.15, 0.2) is 30.3 Å². The van der Waals surface area contributed by atoms with Crippen LogP contribution in [0.5, 0.6) is 0 Å². The van der Waals surface area contributed by atoms with Gasteiger partial charge in [-0.1, -0.05) is 30.3 Å². The summed E-state index contributed by atoms with van der Waals surface area (Å²) in [6, 6.07) is 9.45. The van der Waals surface area contributed by atoms with Gasteiger partial charge in [0.15, 0.2) is 0 Å². The Morgan fingerprint density at radius 2 is 2.17 bits per heavy atom. The second kappa shape index (κ2) is 5.64. The maximum atomic E-state index is 11.8. The van der Waals surface area contributed by atoms with E-state index in [2.05, 4.69) is 0 Å². The first-order valence-corrected chi connectivity index (χ1v) is 5.74. The maximum Gasteiger partial charge on any atom is 0.417 e. The normalized spacial score (nSPS) is 18.8. The molecule has 0 N–H and O–H groups in total. The van der Waals surface area contributed by atoms with Gasteiger partial charge in [0.2, 0.25) is 0 Å². The number of hydrogen-bond acceptors (Lipinski definition) is 4. The molecule has 1 heterocycles. The van der Waals surface area contributed by atoms with Crippen LogP contribution in [0.25, 0.3) is 0 Å². The van der Waals surface area contributed by atoms with Crippen molar-refractivity contribution in [2.75, 3.05) is 20.3 Å². The number of rotatable bonds is 4. The highest BCUT2D eigenvalue weighted by molar-refractivity contribution is 5.94. The number of ether oxygens (including phenoxy) is 2. The Balaban J connectivity index is 2.07. The zero-order valence-corrected chi connectivity index (χ0v) is 10.2. The van der Waals surface area contributed by atoms with E-state index in [-0.39, 0.29) is 25.2 Å². The van der Waals surface area contributed by atoms with Gasteiger partial charge in [-0.15, -0.1) is 0 Å². The van der Waals surface area contributed by atoms with Crippen molar-refractivity contribution in [1.29, 1.82) is 0 Å². The van der Waals surface area contributed by atoms with Crippen LogP contribution in [0, 0.1) is 0 Å². The van der Waals surface area contributed by atoms with Crippen LogP contribution in [-0.2, 0) is 20.7 Å². The van der Waals surface area contributed by atoms with Crippen LogP contribution >= 0.6 is 0 Å². The Kier molecular flexibility index (Phi) is 3.94. The Morgan fingerprint density at radius 3 is 2.83 bits per heavy atom. The minimum atomic E-state index is -0.585. The molecule has 5 heteroatoms. The van der Waals surface area contributed by atoms with Crippen LogP contribution in [0.1, 0.15) is 5.56 Å². The fraction of sp³-hybridized carbons (Fsp3) is 0.385. The molecule has 1 saturated heterocycles. The second-order valence-corrected chi connectivity index (χ2v) is 4.12. The molecule has 0 radical (unpaired) electrons. The maximum absolute atomic E-state index is 11.8. The summed E-state index contributed by atoms with van der Waals surface area (Å²) >= 11 is 0. The molecule has 2 amide bonds. The van der Waals surface area contributed by atoms with E-state index in [1.54, 1.807) is 0 Å². The number of imide groups is 1. The van der Waals surface area contributed by atoms with Gasteiger partial charge in [0.1, 0.15) is 13.2 Å². The Hall–Kier alpha value is -1.88. The topological polar surface area (TPSA) is 55.8 Å². The minimum absolute atomic E-state index is 0.111. The van der Waals surface area contributed by atoms with E-state index < -0.39 is 6.09 Å². The largest absolute Gasteiger partial charge is 0.447 e. The first-order chi connectivity index (χ1) is 8.72. The number of nitrogens with zero attached hydrogens (tertiary/aromatic N) is 1. The van der Waals surface area contributed by atoms with Gasteiger partial charge in [-0.05, 0) is 12.0 Å². The summed E-state index contributed by atoms with van der Waals surface area (Å²) in [6.07, 6.45) is 0.0140. The molecule has 96 valence electrons. The van der Waals surface area contributed by atoms with E-state index >= 15 is 0 Å². The van der Waals surface area contributed by atoms with Crippen molar-refractivity contribution in [1.82, 2.24) is 4.90 Å². The summed E-state index contributed by atoms with van der Waals surface area (Å²) in [6.45, 7) is 0.129. The molecule has 2 rings (SSSR count). The lowest BCUT2D eigenvalue weighted by Crippen LogP contribution is -2.42. The van der Waals surface area contributed by atoms with Crippen molar-refractivity contribution in [3.63, 3.8) is 0 Å². The van der Waals surface area contributed by atoms with E-state index in [4.69, 9.17) is 9.47 Å². The van der Waals surface area contributed by atoms with E-state index in [0.29, 0.717) is 6.42 Å². The Bertz CT molecular complexity index is 432. The molecular formula is C13H15NO4. The van der Waals surface area contributed by atoms with Crippen molar-refractivity contribution in [2.24, 2.45) is 0 Å². The lowest BCUT2D eigenvalue weighted by atomic mass is 10.1. The first-order valence-electron chi connectivity index (χ1n) is 5.74. The smallest absolute Gasteiger partial charge is 0.417 e. The molecule has 0 aliphatic carbocycles. The fourth-order valence-corrected chi connectivity index (χ4v) is 2.00. The van der Waals surface area contributed by atoms with Crippen LogP contribution < -0.4 is 0 Å². The van der Waals surface area contributed by atoms with Crippen LogP contribution in [-0.4, -0.2) is 43.3 Å². The molecule has 0 saturated carbocycles. The highest BCUT2D eigenvalue weighted by atomic mass is 16.6. The fourth-order valence-electron chi connectivity index (χ4n) is 2.00. The van der Waals surface area contributed by atoms with Crippen molar-refractivity contribution in [3.8, 4) is 0 Å². The second-order valence-electron chi connectivity index (χ2n) is 4.12. The number of hydrogen-bond donors (Lipinski definition) is 0. The Morgan fingerprint density at radius 1 is 1.44 bits per heavy atom. The average Bonchev–Trinajstić information content (AvgIpc) is 2.72. The molecular weight excluding hydrogens is 234 g/mol. The molecule has 1 aliphatic heterocycles. The molecule has 0 unspecified atom stereocenters. The lowest BCUT2D eigenvalue weighted by molar-refractivity contribution is -0.133. The summed E-state index contributed by atoms with van der Waals surface area (Å²) in [5.41, 5.74) is 1.07. The SMILES string of the molecule is COCC(=O)N1C(=O)OC[C@@H]1Cc1ccccc1. The monoisotopic (exact) mass is 249 g/mol. The van der Waals surface area contributed by atoms with E-state index in [1.165, 1.54) is 7.11 Å². The third kappa shape index (κ3) is 2.68. The molecule has 1 atom stereocenters. The summed E-state index contributed by atoms with van der Waals surface area (Å²) < 4.78 is 9.69. The standard InChI is InChI=1S/C13H15NO4/c1-17-9-12(15)14-11(8-18-13(14)16)7-10-5-3-2-4-6-10/h2-6,11H,7-9H2,1H3/t11-/m0/s1. The van der Waals surface area contributed by atoms with E-state index in [0.717, 1.165) is 10.5 Å². The van der Waals surface area contributed by atoms with Gasteiger partial charge >= 0.3 is 6.09 Å². The molecule has 1 fully saturated rings. The van der Waals surface area contributed by atoms with E-state index in [9.17, 15) is 9.59 Å². The predicted octanol–water partition coefficient (Wildman–Crippen LogP) is 1.22. The third-order valence-corrected chi connectivity index (χ3v) is 2.81. The number of carbonyl (C=O) groups is 2. The number of cyclic esters (lactones) is 1. The number of methoxy groups -OCH3 is 1. The van der Waals surface area contributed by atoms with Gasteiger partial charge < -0.3 is 9.47 Å². The highest BCUT2D eigenvalue weighted by Gasteiger charge is 2.37. The molecule has 0 bridgehead atoms. The van der Waals surface area contributed by atoms with Crippen molar-refractivity contribution in [3.05, 3.63) is 35.9 Å². The summed E-state index contributed by atoms with van der Waals surface area (Å²) in [5, 5.41) is 0. The molecule has 1 aliphatic rings. The summed E-state index contributed by atoms with van der Waals surface area (Å²) in [5.74, 6) is -0.360. The van der Waals surface area contributed by atoms with Crippen LogP contribution in [0.2, 0.25) is 0 Å². The van der Waals surface area contributed by atoms with Crippen LogP contribution in [0.3, 0.4) is 0 Å². The van der Waals surface area contributed by atoms with Crippen molar-refractivity contribution in [2.45, 2.75) is 12.5 Å². The van der Waals surface area contributed by atoms with Gasteiger partial charge in [-0.3, -0.25) is 4.79 Å². The first kappa shape index (κ1) is 12.6. The minimum Gasteiger partial charge on any atom is -0.447 e. The van der Waals surface area contributed by atoms with Crippen molar-refractivity contribution < 1.29 is 19.1 Å². The molecule has 0 aromatic heterocycles. The van der Waals surface area contributed by atoms with Gasteiger partial charge in [0.05, 0.1) is 6.04 Å². The molecule has 1 aromatic carbocycles. The van der Waals surface area contributed by atoms with Gasteiger partial charge in [0, 0.05) is 7.11 Å². The summed E-state index contributed by atoms with van der Waals surface area (Å²) in [7, 11) is 1.42. The molecule has 0 spiro atoms. The molecule has 5 nitrogen and oxygen atoms in total. The van der Waals surface area contributed by atoms with Gasteiger partial charge in [0.25, 0.3) is 5.91 Å². The number of benzene rings is 1. The zero-order valence-electron chi connectivity index (χ0n) is 10.2. The molecule has 1 aromatic rings. The van der Waals surface area contributed by atoms with Crippen molar-refractivity contribution >= 4 is 12.0 Å². The van der Waals surface area contributed by atoms with Gasteiger partial charge in [-0.25, -0.2) is 9.69 Å². The van der Waals surface area contributed by atoms with Crippen LogP contribution in [0.4, 0.5) is 4.79 Å². The Labute approximate surface area is 105 Å². The number of carbonyl (C=O) groups excluding carboxylic acids is 2. The predicted molar refractivity (Wildman–Crippen MR) is 64.0 cm³/mol. The van der Waals surface area contributed by atoms with Gasteiger partial charge in [-0.2, -0.15) is 0 Å². The third-order valence-electron chi connectivity index (χ3n) is 2.81. The quantitative estimate of drug-likeness (QED) is 0.805. The zero-order chi connectivity index (χ0) is 13.0. The average molecular weight is 249 g/mol. The number of amides is 2. The lowest BCUT2D eigenvalue weighted by Gasteiger charge is -2.19.